The number of aromatic nitrogens is 1. The highest BCUT2D eigenvalue weighted by Crippen LogP contribution is 2.37. The number of methoxy groups -OCH3 is 1. The Bertz CT molecular complexity index is 359. The van der Waals surface area contributed by atoms with Crippen molar-refractivity contribution in [2.45, 2.75) is 38.6 Å². The third kappa shape index (κ3) is 2.78. The predicted octanol–water partition coefficient (Wildman–Crippen LogP) is 2.92. The molecule has 0 saturated heterocycles. The molecule has 0 radical (unpaired) electrons. The van der Waals surface area contributed by atoms with E-state index in [1.54, 1.807) is 13.3 Å². The molecule has 1 aromatic rings. The minimum absolute atomic E-state index is 0.0612. The fraction of sp³-hybridized carbons (Fsp3) is 0.643. The molecule has 0 spiro atoms. The van der Waals surface area contributed by atoms with Crippen LogP contribution < -0.4 is 10.5 Å². The Morgan fingerprint density at radius 2 is 2.06 bits per heavy atom. The summed E-state index contributed by atoms with van der Waals surface area (Å²) in [4.78, 5) is 4.23. The first-order valence-corrected chi connectivity index (χ1v) is 6.47. The summed E-state index contributed by atoms with van der Waals surface area (Å²) in [5, 5.41) is 0. The summed E-state index contributed by atoms with van der Waals surface area (Å²) in [5.74, 6) is 2.11. The van der Waals surface area contributed by atoms with Crippen LogP contribution in [0.2, 0.25) is 0 Å². The van der Waals surface area contributed by atoms with E-state index in [0.717, 1.165) is 11.5 Å². The summed E-state index contributed by atoms with van der Waals surface area (Å²) >= 11 is 0. The molecule has 0 amide bonds. The largest absolute Gasteiger partial charge is 0.481 e. The Morgan fingerprint density at radius 1 is 1.35 bits per heavy atom. The van der Waals surface area contributed by atoms with Crippen LogP contribution in [0.5, 0.6) is 5.88 Å². The first kappa shape index (κ1) is 12.4. The quantitative estimate of drug-likeness (QED) is 0.874. The topological polar surface area (TPSA) is 48.1 Å². The minimum Gasteiger partial charge on any atom is -0.481 e. The summed E-state index contributed by atoms with van der Waals surface area (Å²) in [6, 6.07) is 4.03. The number of ether oxygens (including phenoxy) is 1. The molecule has 2 N–H and O–H groups in total. The number of hydrogen-bond acceptors (Lipinski definition) is 3. The fourth-order valence-corrected chi connectivity index (χ4v) is 2.73. The highest BCUT2D eigenvalue weighted by molar-refractivity contribution is 5.29. The lowest BCUT2D eigenvalue weighted by molar-refractivity contribution is 0.252. The van der Waals surface area contributed by atoms with Gasteiger partial charge in [-0.3, -0.25) is 0 Å². The highest BCUT2D eigenvalue weighted by atomic mass is 16.5. The van der Waals surface area contributed by atoms with Gasteiger partial charge in [0.2, 0.25) is 5.88 Å². The summed E-state index contributed by atoms with van der Waals surface area (Å²) in [6.45, 7) is 2.33. The van der Waals surface area contributed by atoms with E-state index in [2.05, 4.69) is 11.9 Å². The van der Waals surface area contributed by atoms with Crippen molar-refractivity contribution in [3.8, 4) is 5.88 Å². The van der Waals surface area contributed by atoms with Crippen LogP contribution in [0.25, 0.3) is 0 Å². The van der Waals surface area contributed by atoms with Crippen molar-refractivity contribution in [1.29, 1.82) is 0 Å². The van der Waals surface area contributed by atoms with Crippen molar-refractivity contribution in [3.63, 3.8) is 0 Å². The van der Waals surface area contributed by atoms with Crippen molar-refractivity contribution in [3.05, 3.63) is 23.9 Å². The molecule has 1 unspecified atom stereocenters. The zero-order valence-corrected chi connectivity index (χ0v) is 10.7. The van der Waals surface area contributed by atoms with E-state index in [1.807, 2.05) is 12.1 Å². The third-order valence-corrected chi connectivity index (χ3v) is 3.92. The van der Waals surface area contributed by atoms with E-state index in [1.165, 1.54) is 25.7 Å². The maximum absolute atomic E-state index is 6.37. The molecule has 1 aliphatic carbocycles. The van der Waals surface area contributed by atoms with Crippen LogP contribution in [-0.2, 0) is 0 Å². The van der Waals surface area contributed by atoms with Gasteiger partial charge in [0.25, 0.3) is 0 Å². The van der Waals surface area contributed by atoms with Gasteiger partial charge < -0.3 is 10.5 Å². The second kappa shape index (κ2) is 5.50. The smallest absolute Gasteiger partial charge is 0.217 e. The van der Waals surface area contributed by atoms with Gasteiger partial charge in [-0.25, -0.2) is 4.98 Å². The Morgan fingerprint density at radius 3 is 2.71 bits per heavy atom. The highest BCUT2D eigenvalue weighted by Gasteiger charge is 2.26. The number of nitrogens with zero attached hydrogens (tertiary/aromatic N) is 1. The molecule has 0 aliphatic heterocycles. The average molecular weight is 234 g/mol. The van der Waals surface area contributed by atoms with E-state index in [9.17, 15) is 0 Å². The molecule has 94 valence electrons. The van der Waals surface area contributed by atoms with Gasteiger partial charge in [-0.05, 0) is 30.7 Å². The van der Waals surface area contributed by atoms with Crippen LogP contribution in [0.4, 0.5) is 0 Å². The van der Waals surface area contributed by atoms with Crippen LogP contribution in [0.15, 0.2) is 18.3 Å². The van der Waals surface area contributed by atoms with E-state index in [4.69, 9.17) is 10.5 Å². The predicted molar refractivity (Wildman–Crippen MR) is 68.8 cm³/mol. The van der Waals surface area contributed by atoms with Gasteiger partial charge in [0.15, 0.2) is 0 Å². The van der Waals surface area contributed by atoms with Gasteiger partial charge in [0.05, 0.1) is 7.11 Å². The first-order chi connectivity index (χ1) is 8.22. The molecule has 0 bridgehead atoms. The summed E-state index contributed by atoms with van der Waals surface area (Å²) in [6.07, 6.45) is 6.78. The second-order valence-corrected chi connectivity index (χ2v) is 5.15. The molecule has 1 fully saturated rings. The van der Waals surface area contributed by atoms with Gasteiger partial charge in [0.1, 0.15) is 0 Å². The van der Waals surface area contributed by atoms with Crippen molar-refractivity contribution >= 4 is 0 Å². The van der Waals surface area contributed by atoms with Crippen molar-refractivity contribution < 1.29 is 4.74 Å². The molecule has 3 nitrogen and oxygen atoms in total. The Kier molecular flexibility index (Phi) is 4.00. The molecule has 17 heavy (non-hydrogen) atoms. The normalized spacial score (nSPS) is 26.5. The number of nitrogens with two attached hydrogens (primary N) is 1. The molecule has 1 aliphatic rings. The number of rotatable bonds is 3. The molecule has 0 aromatic carbocycles. The molecule has 3 heteroatoms. The standard InChI is InChI=1S/C14H22N2O/c1-10-5-7-11(8-6-10)13(15)12-4-3-9-16-14(12)17-2/h3-4,9-11,13H,5-8,15H2,1-2H3. The van der Waals surface area contributed by atoms with Crippen molar-refractivity contribution in [2.24, 2.45) is 17.6 Å². The van der Waals surface area contributed by atoms with Crippen LogP contribution in [-0.4, -0.2) is 12.1 Å². The molecule has 1 aromatic heterocycles. The average Bonchev–Trinajstić information content (AvgIpc) is 2.39. The minimum atomic E-state index is 0.0612. The van der Waals surface area contributed by atoms with Crippen LogP contribution >= 0.6 is 0 Å². The number of hydrogen-bond donors (Lipinski definition) is 1. The summed E-state index contributed by atoms with van der Waals surface area (Å²) in [5.41, 5.74) is 7.42. The van der Waals surface area contributed by atoms with E-state index in [-0.39, 0.29) is 6.04 Å². The Balaban J connectivity index is 2.10. The fourth-order valence-electron chi connectivity index (χ4n) is 2.73. The van der Waals surface area contributed by atoms with Gasteiger partial charge >= 0.3 is 0 Å². The van der Waals surface area contributed by atoms with Crippen molar-refractivity contribution in [1.82, 2.24) is 4.98 Å². The van der Waals surface area contributed by atoms with Crippen molar-refractivity contribution in [2.75, 3.05) is 7.11 Å². The maximum Gasteiger partial charge on any atom is 0.217 e. The molecule has 1 saturated carbocycles. The zero-order chi connectivity index (χ0) is 12.3. The lowest BCUT2D eigenvalue weighted by atomic mass is 9.78. The van der Waals surface area contributed by atoms with Gasteiger partial charge in [-0.2, -0.15) is 0 Å². The lowest BCUT2D eigenvalue weighted by Crippen LogP contribution is -2.26. The Hall–Kier alpha value is -1.09. The Labute approximate surface area is 103 Å². The molecular weight excluding hydrogens is 212 g/mol. The van der Waals surface area contributed by atoms with E-state index >= 15 is 0 Å². The zero-order valence-electron chi connectivity index (χ0n) is 10.7. The monoisotopic (exact) mass is 234 g/mol. The number of pyridine rings is 1. The van der Waals surface area contributed by atoms with Crippen LogP contribution in [0.3, 0.4) is 0 Å². The lowest BCUT2D eigenvalue weighted by Gasteiger charge is -2.31. The molecule has 2 rings (SSSR count). The van der Waals surface area contributed by atoms with Gasteiger partial charge in [-0.1, -0.05) is 25.8 Å². The molecule has 1 heterocycles. The van der Waals surface area contributed by atoms with Gasteiger partial charge in [0, 0.05) is 17.8 Å². The van der Waals surface area contributed by atoms with Crippen LogP contribution in [0, 0.1) is 11.8 Å². The van der Waals surface area contributed by atoms with Crippen LogP contribution in [0.1, 0.15) is 44.2 Å². The maximum atomic E-state index is 6.37. The van der Waals surface area contributed by atoms with E-state index < -0.39 is 0 Å². The summed E-state index contributed by atoms with van der Waals surface area (Å²) in [7, 11) is 1.65. The first-order valence-electron chi connectivity index (χ1n) is 6.47. The molecular formula is C14H22N2O. The second-order valence-electron chi connectivity index (χ2n) is 5.15. The molecule has 1 atom stereocenters. The van der Waals surface area contributed by atoms with Gasteiger partial charge in [-0.15, -0.1) is 0 Å². The van der Waals surface area contributed by atoms with E-state index in [0.29, 0.717) is 11.8 Å². The third-order valence-electron chi connectivity index (χ3n) is 3.92. The SMILES string of the molecule is COc1ncccc1C(N)C1CCC(C)CC1. The summed E-state index contributed by atoms with van der Waals surface area (Å²) < 4.78 is 5.29.